The molecule has 0 aliphatic heterocycles. The minimum atomic E-state index is -0.222. The van der Waals surface area contributed by atoms with E-state index in [0.717, 1.165) is 0 Å². The Hall–Kier alpha value is -0.730. The molecule has 0 heterocycles. The van der Waals surface area contributed by atoms with Crippen LogP contribution in [0.15, 0.2) is 0 Å². The van der Waals surface area contributed by atoms with Crippen LogP contribution < -0.4 is 5.73 Å². The van der Waals surface area contributed by atoms with Crippen molar-refractivity contribution in [3.05, 3.63) is 0 Å². The van der Waals surface area contributed by atoms with Crippen molar-refractivity contribution in [1.29, 1.82) is 0 Å². The van der Waals surface area contributed by atoms with Gasteiger partial charge in [0.25, 0.3) is 0 Å². The molecule has 2 N–H and O–H groups in total. The number of hydrogen-bond donors (Lipinski definition) is 1. The fourth-order valence-electron chi connectivity index (χ4n) is 1.33. The predicted molar refractivity (Wildman–Crippen MR) is 82.7 cm³/mol. The van der Waals surface area contributed by atoms with E-state index in [4.69, 9.17) is 29.4 Å². The van der Waals surface area contributed by atoms with Crippen LogP contribution in [0.3, 0.4) is 0 Å². The highest BCUT2D eigenvalue weighted by Crippen LogP contribution is 1.95. The number of carbonyl (C=O) groups excluding carboxylic acids is 1. The second-order valence-electron chi connectivity index (χ2n) is 5.07. The topological polar surface area (TPSA) is 89.2 Å². The second-order valence-corrected chi connectivity index (χ2v) is 5.07. The Kier molecular flexibility index (Phi) is 16.1. The van der Waals surface area contributed by atoms with E-state index in [0.29, 0.717) is 71.9 Å². The molecule has 0 fully saturated rings. The highest BCUT2D eigenvalue weighted by Gasteiger charge is 2.03. The zero-order chi connectivity index (χ0) is 16.5. The molecule has 0 amide bonds. The third-order valence-electron chi connectivity index (χ3n) is 2.41. The van der Waals surface area contributed by atoms with Crippen LogP contribution in [0.25, 0.3) is 0 Å². The number of hydrogen-bond acceptors (Lipinski definition) is 7. The Morgan fingerprint density at radius 3 is 1.73 bits per heavy atom. The lowest BCUT2D eigenvalue weighted by Crippen LogP contribution is -2.15. The van der Waals surface area contributed by atoms with Crippen LogP contribution in [0.5, 0.6) is 0 Å². The maximum Gasteiger partial charge on any atom is 0.308 e. The first-order chi connectivity index (χ1) is 10.7. The van der Waals surface area contributed by atoms with Crippen molar-refractivity contribution >= 4 is 5.97 Å². The zero-order valence-corrected chi connectivity index (χ0v) is 13.9. The number of esters is 1. The van der Waals surface area contributed by atoms with Crippen molar-refractivity contribution in [2.24, 2.45) is 11.7 Å². The van der Waals surface area contributed by atoms with Gasteiger partial charge in [-0.15, -0.1) is 0 Å². The molecule has 7 heteroatoms. The third-order valence-corrected chi connectivity index (χ3v) is 2.41. The Labute approximate surface area is 133 Å². The van der Waals surface area contributed by atoms with Crippen molar-refractivity contribution in [3.63, 3.8) is 0 Å². The van der Waals surface area contributed by atoms with Gasteiger partial charge >= 0.3 is 5.97 Å². The lowest BCUT2D eigenvalue weighted by atomic mass is 10.2. The van der Waals surface area contributed by atoms with Crippen LogP contribution in [0.4, 0.5) is 0 Å². The smallest absolute Gasteiger partial charge is 0.308 e. The van der Waals surface area contributed by atoms with Gasteiger partial charge in [-0.05, 0) is 5.92 Å². The Morgan fingerprint density at radius 1 is 0.818 bits per heavy atom. The number of ether oxygens (including phenoxy) is 5. The van der Waals surface area contributed by atoms with Crippen LogP contribution in [-0.2, 0) is 28.5 Å². The minimum Gasteiger partial charge on any atom is -0.465 e. The highest BCUT2D eigenvalue weighted by molar-refractivity contribution is 5.69. The van der Waals surface area contributed by atoms with Gasteiger partial charge in [-0.2, -0.15) is 0 Å². The van der Waals surface area contributed by atoms with E-state index < -0.39 is 0 Å². The highest BCUT2D eigenvalue weighted by atomic mass is 16.6. The van der Waals surface area contributed by atoms with Gasteiger partial charge in [0.1, 0.15) is 0 Å². The molecule has 0 unspecified atom stereocenters. The summed E-state index contributed by atoms with van der Waals surface area (Å²) in [6, 6.07) is 0. The van der Waals surface area contributed by atoms with E-state index in [1.54, 1.807) is 0 Å². The van der Waals surface area contributed by atoms with Gasteiger partial charge in [0.15, 0.2) is 0 Å². The number of rotatable bonds is 16. The van der Waals surface area contributed by atoms with Gasteiger partial charge < -0.3 is 29.4 Å². The van der Waals surface area contributed by atoms with Gasteiger partial charge in [0, 0.05) is 6.54 Å². The molecule has 132 valence electrons. The number of carbonyl (C=O) groups is 1. The van der Waals surface area contributed by atoms with Crippen molar-refractivity contribution in [1.82, 2.24) is 0 Å². The summed E-state index contributed by atoms with van der Waals surface area (Å²) < 4.78 is 26.1. The second kappa shape index (κ2) is 16.6. The van der Waals surface area contributed by atoms with Crippen molar-refractivity contribution in [2.75, 3.05) is 66.0 Å². The van der Waals surface area contributed by atoms with E-state index in [9.17, 15) is 4.79 Å². The summed E-state index contributed by atoms with van der Waals surface area (Å²) in [5.74, 6) is 0.132. The first-order valence-corrected chi connectivity index (χ1v) is 7.83. The molecule has 7 nitrogen and oxygen atoms in total. The quantitative estimate of drug-likeness (QED) is 0.329. The molecule has 0 radical (unpaired) electrons. The van der Waals surface area contributed by atoms with E-state index >= 15 is 0 Å². The Balaban J connectivity index is 3.09. The van der Waals surface area contributed by atoms with Crippen LogP contribution in [0, 0.1) is 5.92 Å². The minimum absolute atomic E-state index is 0.222. The molecule has 0 saturated carbocycles. The van der Waals surface area contributed by atoms with Crippen LogP contribution in [0.2, 0.25) is 0 Å². The molecular weight excluding hydrogens is 290 g/mol. The molecule has 0 bridgehead atoms. The van der Waals surface area contributed by atoms with E-state index in [1.807, 2.05) is 13.8 Å². The molecule has 0 saturated heterocycles. The van der Waals surface area contributed by atoms with Crippen LogP contribution in [-0.4, -0.2) is 72.0 Å². The fraction of sp³-hybridized carbons (Fsp3) is 0.933. The molecule has 0 aromatic heterocycles. The maximum absolute atomic E-state index is 11.3. The predicted octanol–water partition coefficient (Wildman–Crippen LogP) is 0.601. The lowest BCUT2D eigenvalue weighted by molar-refractivity contribution is -0.146. The molecule has 22 heavy (non-hydrogen) atoms. The maximum atomic E-state index is 11.3. The molecule has 0 atom stereocenters. The summed E-state index contributed by atoms with van der Waals surface area (Å²) in [6.45, 7) is 8.95. The van der Waals surface area contributed by atoms with E-state index in [2.05, 4.69) is 0 Å². The Bertz CT molecular complexity index is 250. The van der Waals surface area contributed by atoms with Crippen LogP contribution in [0.1, 0.15) is 20.3 Å². The monoisotopic (exact) mass is 321 g/mol. The summed E-state index contributed by atoms with van der Waals surface area (Å²) in [4.78, 5) is 11.3. The van der Waals surface area contributed by atoms with E-state index in [1.165, 1.54) is 0 Å². The third kappa shape index (κ3) is 17.3. The van der Waals surface area contributed by atoms with Gasteiger partial charge in [0.05, 0.1) is 65.9 Å². The lowest BCUT2D eigenvalue weighted by Gasteiger charge is -2.08. The number of nitrogens with two attached hydrogens (primary N) is 1. The molecule has 0 aromatic carbocycles. The van der Waals surface area contributed by atoms with Gasteiger partial charge in [-0.25, -0.2) is 0 Å². The SMILES string of the molecule is CC(C)COC(=O)CCOCCOCCOCCOCCN. The summed E-state index contributed by atoms with van der Waals surface area (Å²) in [6.07, 6.45) is 0.276. The van der Waals surface area contributed by atoms with Gasteiger partial charge in [0.2, 0.25) is 0 Å². The van der Waals surface area contributed by atoms with Gasteiger partial charge in [-0.3, -0.25) is 4.79 Å². The molecule has 0 spiro atoms. The average Bonchev–Trinajstić information content (AvgIpc) is 2.49. The molecule has 0 aromatic rings. The Morgan fingerprint density at radius 2 is 1.27 bits per heavy atom. The first kappa shape index (κ1) is 21.3. The summed E-state index contributed by atoms with van der Waals surface area (Å²) >= 11 is 0. The summed E-state index contributed by atoms with van der Waals surface area (Å²) in [7, 11) is 0. The van der Waals surface area contributed by atoms with Crippen molar-refractivity contribution in [3.8, 4) is 0 Å². The first-order valence-electron chi connectivity index (χ1n) is 7.83. The van der Waals surface area contributed by atoms with Crippen molar-refractivity contribution < 1.29 is 28.5 Å². The van der Waals surface area contributed by atoms with Crippen LogP contribution >= 0.6 is 0 Å². The average molecular weight is 321 g/mol. The molecular formula is C15H31NO6. The largest absolute Gasteiger partial charge is 0.465 e. The zero-order valence-electron chi connectivity index (χ0n) is 13.9. The van der Waals surface area contributed by atoms with Crippen molar-refractivity contribution in [2.45, 2.75) is 20.3 Å². The summed E-state index contributed by atoms with van der Waals surface area (Å²) in [5.41, 5.74) is 5.28. The fourth-order valence-corrected chi connectivity index (χ4v) is 1.33. The molecule has 0 aliphatic carbocycles. The molecule has 0 rings (SSSR count). The standard InChI is InChI=1S/C15H31NO6/c1-14(2)13-22-15(17)3-5-18-7-9-20-11-12-21-10-8-19-6-4-16/h14H,3-13,16H2,1-2H3. The van der Waals surface area contributed by atoms with E-state index in [-0.39, 0.29) is 12.4 Å². The summed E-state index contributed by atoms with van der Waals surface area (Å²) in [5, 5.41) is 0. The van der Waals surface area contributed by atoms with Gasteiger partial charge in [-0.1, -0.05) is 13.8 Å². The normalized spacial score (nSPS) is 11.1. The molecule has 0 aliphatic rings.